The van der Waals surface area contributed by atoms with Crippen LogP contribution in [0.25, 0.3) is 0 Å². The summed E-state index contributed by atoms with van der Waals surface area (Å²) in [5, 5.41) is 3.13. The zero-order valence-corrected chi connectivity index (χ0v) is 18.9. The van der Waals surface area contributed by atoms with E-state index in [1.165, 1.54) is 0 Å². The number of rotatable bonds is 9. The number of methoxy groups -OCH3 is 1. The first kappa shape index (κ1) is 22.8. The van der Waals surface area contributed by atoms with Gasteiger partial charge in [-0.1, -0.05) is 44.2 Å². The molecule has 0 bridgehead atoms. The first-order valence-corrected chi connectivity index (χ1v) is 11.0. The Morgan fingerprint density at radius 1 is 1.10 bits per heavy atom. The Balaban J connectivity index is 1.87. The predicted molar refractivity (Wildman–Crippen MR) is 122 cm³/mol. The monoisotopic (exact) mass is 423 g/mol. The quantitative estimate of drug-likeness (QED) is 0.628. The number of benzene rings is 2. The minimum absolute atomic E-state index is 0.0489. The average Bonchev–Trinajstić information content (AvgIpc) is 2.81. The van der Waals surface area contributed by atoms with Crippen LogP contribution < -0.4 is 10.1 Å². The number of carbonyl (C=O) groups excluding carboxylic acids is 2. The third-order valence-corrected chi connectivity index (χ3v) is 6.16. The number of amides is 2. The van der Waals surface area contributed by atoms with Gasteiger partial charge in [0.15, 0.2) is 0 Å². The minimum Gasteiger partial charge on any atom is -0.497 e. The van der Waals surface area contributed by atoms with E-state index >= 15 is 0 Å². The fraction of sp³-hybridized carbons (Fsp3) is 0.440. The van der Waals surface area contributed by atoms with Crippen LogP contribution in [0.3, 0.4) is 0 Å². The van der Waals surface area contributed by atoms with Gasteiger partial charge < -0.3 is 19.9 Å². The molecule has 1 N–H and O–H groups in total. The number of hydrogen-bond donors (Lipinski definition) is 1. The molecule has 0 saturated heterocycles. The number of nitrogens with zero attached hydrogens (tertiary/aromatic N) is 2. The largest absolute Gasteiger partial charge is 0.497 e. The molecule has 1 aliphatic rings. The highest BCUT2D eigenvalue weighted by atomic mass is 16.5. The van der Waals surface area contributed by atoms with Crippen LogP contribution in [0.2, 0.25) is 0 Å². The zero-order chi connectivity index (χ0) is 22.4. The van der Waals surface area contributed by atoms with Gasteiger partial charge in [-0.2, -0.15) is 0 Å². The molecule has 0 aliphatic carbocycles. The van der Waals surface area contributed by atoms with Gasteiger partial charge in [0.05, 0.1) is 19.1 Å². The molecule has 6 nitrogen and oxygen atoms in total. The lowest BCUT2D eigenvalue weighted by atomic mass is 9.79. The molecule has 31 heavy (non-hydrogen) atoms. The summed E-state index contributed by atoms with van der Waals surface area (Å²) < 4.78 is 5.27. The fourth-order valence-corrected chi connectivity index (χ4v) is 4.34. The summed E-state index contributed by atoms with van der Waals surface area (Å²) in [4.78, 5) is 30.5. The Morgan fingerprint density at radius 3 is 2.42 bits per heavy atom. The van der Waals surface area contributed by atoms with Crippen molar-refractivity contribution in [3.05, 3.63) is 65.2 Å². The van der Waals surface area contributed by atoms with Crippen LogP contribution in [0.5, 0.6) is 5.75 Å². The van der Waals surface area contributed by atoms with Crippen molar-refractivity contribution in [1.29, 1.82) is 0 Å². The van der Waals surface area contributed by atoms with Crippen molar-refractivity contribution in [1.82, 2.24) is 15.1 Å². The summed E-state index contributed by atoms with van der Waals surface area (Å²) in [6.45, 7) is 7.87. The Labute approximate surface area is 185 Å². The molecule has 2 aromatic rings. The molecule has 2 amide bonds. The third-order valence-electron chi connectivity index (χ3n) is 6.16. The average molecular weight is 424 g/mol. The molecule has 0 radical (unpaired) electrons. The summed E-state index contributed by atoms with van der Waals surface area (Å²) in [5.74, 6) is 0.154. The van der Waals surface area contributed by atoms with Crippen LogP contribution in [-0.4, -0.2) is 62.0 Å². The van der Waals surface area contributed by atoms with Crippen LogP contribution in [0.1, 0.15) is 53.7 Å². The molecule has 166 valence electrons. The molecule has 1 heterocycles. The van der Waals surface area contributed by atoms with Crippen molar-refractivity contribution in [2.75, 3.05) is 40.3 Å². The van der Waals surface area contributed by atoms with Gasteiger partial charge in [-0.05, 0) is 55.4 Å². The number of nitrogens with one attached hydrogen (secondary N) is 1. The summed E-state index contributed by atoms with van der Waals surface area (Å²) in [7, 11) is 3.39. The second-order valence-electron chi connectivity index (χ2n) is 7.87. The van der Waals surface area contributed by atoms with E-state index in [2.05, 4.69) is 24.1 Å². The minimum atomic E-state index is -0.472. The highest BCUT2D eigenvalue weighted by molar-refractivity contribution is 6.01. The third kappa shape index (κ3) is 4.90. The second kappa shape index (κ2) is 10.4. The molecular weight excluding hydrogens is 390 g/mol. The molecule has 0 fully saturated rings. The number of hydrogen-bond acceptors (Lipinski definition) is 4. The molecule has 1 aliphatic heterocycles. The predicted octanol–water partition coefficient (Wildman–Crippen LogP) is 3.45. The molecule has 0 aromatic heterocycles. The van der Waals surface area contributed by atoms with E-state index in [-0.39, 0.29) is 17.9 Å². The summed E-state index contributed by atoms with van der Waals surface area (Å²) in [5.41, 5.74) is 2.29. The lowest BCUT2D eigenvalue weighted by molar-refractivity contribution is -0.124. The normalized spacial score (nSPS) is 18.1. The summed E-state index contributed by atoms with van der Waals surface area (Å²) >= 11 is 0. The Kier molecular flexibility index (Phi) is 7.69. The number of ether oxygens (including phenoxy) is 1. The Bertz CT molecular complexity index is 893. The molecule has 3 rings (SSSR count). The Morgan fingerprint density at radius 2 is 1.77 bits per heavy atom. The lowest BCUT2D eigenvalue weighted by Gasteiger charge is -2.39. The van der Waals surface area contributed by atoms with E-state index in [0.717, 1.165) is 42.9 Å². The van der Waals surface area contributed by atoms with Gasteiger partial charge in [0.2, 0.25) is 5.91 Å². The standard InChI is InChI=1S/C25H33N3O3/c1-5-28(6-2)17-9-16-26-24(29)22-20-10-7-8-11-21(20)25(30)27(3)23(22)18-12-14-19(31-4)15-13-18/h7-8,10-15,22-23H,5-6,9,16-17H2,1-4H3,(H,26,29)/t22-,23-/m1/s1. The van der Waals surface area contributed by atoms with Crippen molar-refractivity contribution < 1.29 is 14.3 Å². The molecule has 0 spiro atoms. The van der Waals surface area contributed by atoms with Crippen LogP contribution in [-0.2, 0) is 4.79 Å². The van der Waals surface area contributed by atoms with E-state index in [9.17, 15) is 9.59 Å². The van der Waals surface area contributed by atoms with Gasteiger partial charge in [0.1, 0.15) is 5.75 Å². The first-order chi connectivity index (χ1) is 15.0. The number of carbonyl (C=O) groups is 2. The van der Waals surface area contributed by atoms with Gasteiger partial charge in [-0.15, -0.1) is 0 Å². The van der Waals surface area contributed by atoms with Crippen molar-refractivity contribution in [2.24, 2.45) is 0 Å². The summed E-state index contributed by atoms with van der Waals surface area (Å²) in [6, 6.07) is 14.7. The smallest absolute Gasteiger partial charge is 0.254 e. The van der Waals surface area contributed by atoms with Crippen molar-refractivity contribution >= 4 is 11.8 Å². The molecule has 6 heteroatoms. The SMILES string of the molecule is CCN(CC)CCCNC(=O)[C@@H]1c2ccccc2C(=O)N(C)[C@@H]1c1ccc(OC)cc1. The van der Waals surface area contributed by atoms with Crippen molar-refractivity contribution in [3.63, 3.8) is 0 Å². The lowest BCUT2D eigenvalue weighted by Crippen LogP contribution is -2.46. The second-order valence-corrected chi connectivity index (χ2v) is 7.87. The van der Waals surface area contributed by atoms with Crippen LogP contribution in [0, 0.1) is 0 Å². The van der Waals surface area contributed by atoms with Crippen molar-refractivity contribution in [2.45, 2.75) is 32.2 Å². The van der Waals surface area contributed by atoms with Crippen LogP contribution >= 0.6 is 0 Å². The van der Waals surface area contributed by atoms with E-state index < -0.39 is 5.92 Å². The maximum atomic E-state index is 13.4. The van der Waals surface area contributed by atoms with Gasteiger partial charge in [0.25, 0.3) is 5.91 Å². The van der Waals surface area contributed by atoms with Crippen molar-refractivity contribution in [3.8, 4) is 5.75 Å². The van der Waals surface area contributed by atoms with E-state index in [1.54, 1.807) is 25.1 Å². The maximum Gasteiger partial charge on any atom is 0.254 e. The van der Waals surface area contributed by atoms with E-state index in [0.29, 0.717) is 12.1 Å². The Hall–Kier alpha value is -2.86. The topological polar surface area (TPSA) is 61.9 Å². The summed E-state index contributed by atoms with van der Waals surface area (Å²) in [6.07, 6.45) is 0.893. The van der Waals surface area contributed by atoms with Gasteiger partial charge >= 0.3 is 0 Å². The van der Waals surface area contributed by atoms with Crippen LogP contribution in [0.4, 0.5) is 0 Å². The van der Waals surface area contributed by atoms with E-state index in [4.69, 9.17) is 4.74 Å². The molecule has 2 aromatic carbocycles. The molecule has 0 saturated carbocycles. The molecular formula is C25H33N3O3. The first-order valence-electron chi connectivity index (χ1n) is 11.0. The van der Waals surface area contributed by atoms with E-state index in [1.807, 2.05) is 42.5 Å². The number of likely N-dealkylation sites (N-methyl/N-ethyl adjacent to an activating group) is 1. The van der Waals surface area contributed by atoms with Gasteiger partial charge in [0, 0.05) is 19.2 Å². The van der Waals surface area contributed by atoms with Crippen LogP contribution in [0.15, 0.2) is 48.5 Å². The molecule has 0 unspecified atom stereocenters. The molecule has 2 atom stereocenters. The highest BCUT2D eigenvalue weighted by Crippen LogP contribution is 2.42. The fourth-order valence-electron chi connectivity index (χ4n) is 4.34. The zero-order valence-electron chi connectivity index (χ0n) is 18.9. The maximum absolute atomic E-state index is 13.4. The number of fused-ring (bicyclic) bond motifs is 1. The highest BCUT2D eigenvalue weighted by Gasteiger charge is 2.42. The van der Waals surface area contributed by atoms with Gasteiger partial charge in [-0.3, -0.25) is 9.59 Å². The van der Waals surface area contributed by atoms with Gasteiger partial charge in [-0.25, -0.2) is 0 Å².